The van der Waals surface area contributed by atoms with Crippen molar-refractivity contribution in [3.8, 4) is 0 Å². The molecule has 1 saturated heterocycles. The number of nitrogens with one attached hydrogen (secondary N) is 1. The average molecular weight is 326 g/mol. The first-order chi connectivity index (χ1) is 10.7. The average Bonchev–Trinajstić information content (AvgIpc) is 2.45. The van der Waals surface area contributed by atoms with Crippen LogP contribution in [0.25, 0.3) is 0 Å². The first-order valence-corrected chi connectivity index (χ1v) is 8.71. The summed E-state index contributed by atoms with van der Waals surface area (Å²) in [4.78, 5) is 26.4. The van der Waals surface area contributed by atoms with E-state index >= 15 is 0 Å². The van der Waals surface area contributed by atoms with E-state index in [1.807, 2.05) is 25.7 Å². The van der Waals surface area contributed by atoms with Gasteiger partial charge < -0.3 is 20.1 Å². The van der Waals surface area contributed by atoms with Gasteiger partial charge in [-0.05, 0) is 52.9 Å². The smallest absolute Gasteiger partial charge is 0.407 e. The lowest BCUT2D eigenvalue weighted by atomic mass is 9.84. The Morgan fingerprint density at radius 3 is 2.39 bits per heavy atom. The Balaban J connectivity index is 1.83. The molecule has 0 aromatic heterocycles. The highest BCUT2D eigenvalue weighted by Crippen LogP contribution is 2.27. The molecule has 1 heterocycles. The number of ether oxygens (including phenoxy) is 1. The molecule has 1 aliphatic heterocycles. The number of nitrogens with zero attached hydrogens (tertiary/aromatic N) is 1. The molecule has 2 fully saturated rings. The van der Waals surface area contributed by atoms with E-state index in [2.05, 4.69) is 5.32 Å². The number of carbonyl (C=O) groups excluding carboxylic acids is 2. The van der Waals surface area contributed by atoms with Crippen LogP contribution < -0.4 is 5.32 Å². The van der Waals surface area contributed by atoms with E-state index in [4.69, 9.17) is 4.74 Å². The third-order valence-corrected chi connectivity index (χ3v) is 4.52. The number of hydrogen-bond acceptors (Lipinski definition) is 4. The first-order valence-electron chi connectivity index (χ1n) is 8.71. The summed E-state index contributed by atoms with van der Waals surface area (Å²) in [6.45, 7) is 6.79. The van der Waals surface area contributed by atoms with E-state index in [-0.39, 0.29) is 24.0 Å². The van der Waals surface area contributed by atoms with Gasteiger partial charge in [0.15, 0.2) is 0 Å². The molecule has 132 valence electrons. The minimum absolute atomic E-state index is 0.00271. The van der Waals surface area contributed by atoms with Gasteiger partial charge in [-0.2, -0.15) is 0 Å². The third kappa shape index (κ3) is 5.68. The van der Waals surface area contributed by atoms with E-state index in [1.54, 1.807) is 0 Å². The first kappa shape index (κ1) is 18.0. The molecule has 0 spiro atoms. The second kappa shape index (κ2) is 7.51. The zero-order valence-electron chi connectivity index (χ0n) is 14.5. The molecule has 0 aromatic rings. The van der Waals surface area contributed by atoms with Gasteiger partial charge in [-0.1, -0.05) is 6.42 Å². The van der Waals surface area contributed by atoms with Crippen molar-refractivity contribution in [2.24, 2.45) is 5.92 Å². The van der Waals surface area contributed by atoms with E-state index in [0.717, 1.165) is 19.3 Å². The fourth-order valence-electron chi connectivity index (χ4n) is 3.36. The molecule has 0 radical (unpaired) electrons. The maximum absolute atomic E-state index is 12.6. The zero-order chi connectivity index (χ0) is 17.0. The molecule has 2 atom stereocenters. The number of aliphatic hydroxyl groups excluding tert-OH is 1. The number of amides is 2. The van der Waals surface area contributed by atoms with E-state index < -0.39 is 11.7 Å². The summed E-state index contributed by atoms with van der Waals surface area (Å²) in [6, 6.07) is 0.00271. The molecule has 1 aliphatic carbocycles. The highest BCUT2D eigenvalue weighted by molar-refractivity contribution is 5.79. The molecule has 0 aromatic carbocycles. The Hall–Kier alpha value is -1.30. The summed E-state index contributed by atoms with van der Waals surface area (Å²) in [5.41, 5.74) is -0.511. The lowest BCUT2D eigenvalue weighted by Gasteiger charge is -2.35. The second-order valence-corrected chi connectivity index (χ2v) is 7.76. The van der Waals surface area contributed by atoms with Crippen LogP contribution in [0, 0.1) is 5.92 Å². The van der Waals surface area contributed by atoms with Gasteiger partial charge in [0.05, 0.1) is 6.10 Å². The van der Waals surface area contributed by atoms with Crippen LogP contribution in [-0.4, -0.2) is 52.8 Å². The summed E-state index contributed by atoms with van der Waals surface area (Å²) in [5.74, 6) is 0.145. The minimum atomic E-state index is -0.511. The number of rotatable bonds is 2. The molecule has 0 unspecified atom stereocenters. The van der Waals surface area contributed by atoms with Gasteiger partial charge >= 0.3 is 6.09 Å². The van der Waals surface area contributed by atoms with Crippen molar-refractivity contribution in [3.05, 3.63) is 0 Å². The number of likely N-dealkylation sites (tertiary alicyclic amines) is 1. The van der Waals surface area contributed by atoms with Gasteiger partial charge in [0.1, 0.15) is 5.60 Å². The molecule has 2 aliphatic rings. The number of carbonyl (C=O) groups is 2. The van der Waals surface area contributed by atoms with Crippen LogP contribution in [0.3, 0.4) is 0 Å². The molecule has 1 saturated carbocycles. The Labute approximate surface area is 138 Å². The van der Waals surface area contributed by atoms with Crippen molar-refractivity contribution in [3.63, 3.8) is 0 Å². The zero-order valence-corrected chi connectivity index (χ0v) is 14.5. The highest BCUT2D eigenvalue weighted by Gasteiger charge is 2.33. The Morgan fingerprint density at radius 2 is 1.78 bits per heavy atom. The molecule has 2 N–H and O–H groups in total. The van der Waals surface area contributed by atoms with Crippen LogP contribution in [0.5, 0.6) is 0 Å². The monoisotopic (exact) mass is 326 g/mol. The third-order valence-electron chi connectivity index (χ3n) is 4.52. The van der Waals surface area contributed by atoms with E-state index in [0.29, 0.717) is 32.4 Å². The molecule has 2 rings (SSSR count). The van der Waals surface area contributed by atoms with Gasteiger partial charge in [0.2, 0.25) is 5.91 Å². The summed E-state index contributed by atoms with van der Waals surface area (Å²) < 4.78 is 5.29. The molecular weight excluding hydrogens is 296 g/mol. The lowest BCUT2D eigenvalue weighted by molar-refractivity contribution is -0.138. The summed E-state index contributed by atoms with van der Waals surface area (Å²) >= 11 is 0. The Bertz CT molecular complexity index is 425. The summed E-state index contributed by atoms with van der Waals surface area (Å²) in [7, 11) is 0. The van der Waals surface area contributed by atoms with Gasteiger partial charge in [-0.3, -0.25) is 4.79 Å². The quantitative estimate of drug-likeness (QED) is 0.814. The van der Waals surface area contributed by atoms with Crippen molar-refractivity contribution in [1.29, 1.82) is 0 Å². The number of hydrogen-bond donors (Lipinski definition) is 2. The maximum atomic E-state index is 12.6. The standard InChI is InChI=1S/C17H30N2O4/c1-17(2,3)23-16(22)18-13-6-4-5-12(11-13)15(21)19-9-7-14(20)8-10-19/h12-14,20H,4-11H2,1-3H3,(H,18,22)/t12-,13+/m1/s1. The topological polar surface area (TPSA) is 78.9 Å². The van der Waals surface area contributed by atoms with Crippen molar-refractivity contribution < 1.29 is 19.4 Å². The fraction of sp³-hybridized carbons (Fsp3) is 0.882. The van der Waals surface area contributed by atoms with Crippen molar-refractivity contribution in [2.45, 2.75) is 77.0 Å². The molecule has 6 nitrogen and oxygen atoms in total. The highest BCUT2D eigenvalue weighted by atomic mass is 16.6. The predicted molar refractivity (Wildman–Crippen MR) is 86.9 cm³/mol. The molecule has 2 amide bonds. The van der Waals surface area contributed by atoms with Crippen LogP contribution in [0.4, 0.5) is 4.79 Å². The molecular formula is C17H30N2O4. The van der Waals surface area contributed by atoms with Crippen molar-refractivity contribution >= 4 is 12.0 Å². The number of piperidine rings is 1. The van der Waals surface area contributed by atoms with E-state index in [9.17, 15) is 14.7 Å². The van der Waals surface area contributed by atoms with E-state index in [1.165, 1.54) is 0 Å². The lowest BCUT2D eigenvalue weighted by Crippen LogP contribution is -2.47. The molecule has 6 heteroatoms. The normalized spacial score (nSPS) is 26.7. The van der Waals surface area contributed by atoms with Gasteiger partial charge in [-0.25, -0.2) is 4.79 Å². The van der Waals surface area contributed by atoms with Crippen LogP contribution in [-0.2, 0) is 9.53 Å². The summed E-state index contributed by atoms with van der Waals surface area (Å²) in [5, 5.41) is 12.5. The van der Waals surface area contributed by atoms with Crippen molar-refractivity contribution in [1.82, 2.24) is 10.2 Å². The number of alkyl carbamates (subject to hydrolysis) is 1. The number of aliphatic hydroxyl groups is 1. The minimum Gasteiger partial charge on any atom is -0.444 e. The van der Waals surface area contributed by atoms with Gasteiger partial charge in [0, 0.05) is 25.0 Å². The van der Waals surface area contributed by atoms with Crippen LogP contribution in [0.15, 0.2) is 0 Å². The SMILES string of the molecule is CC(C)(C)OC(=O)N[C@H]1CCC[C@@H](C(=O)N2CCC(O)CC2)C1. The summed E-state index contributed by atoms with van der Waals surface area (Å²) in [6.07, 6.45) is 4.04. The Morgan fingerprint density at radius 1 is 1.13 bits per heavy atom. The largest absolute Gasteiger partial charge is 0.444 e. The second-order valence-electron chi connectivity index (χ2n) is 7.76. The van der Waals surface area contributed by atoms with Crippen LogP contribution in [0.1, 0.15) is 59.3 Å². The molecule has 0 bridgehead atoms. The van der Waals surface area contributed by atoms with Gasteiger partial charge in [-0.15, -0.1) is 0 Å². The van der Waals surface area contributed by atoms with Gasteiger partial charge in [0.25, 0.3) is 0 Å². The van der Waals surface area contributed by atoms with Crippen molar-refractivity contribution in [2.75, 3.05) is 13.1 Å². The fourth-order valence-corrected chi connectivity index (χ4v) is 3.36. The molecule has 23 heavy (non-hydrogen) atoms. The maximum Gasteiger partial charge on any atom is 0.407 e. The van der Waals surface area contributed by atoms with Crippen LogP contribution >= 0.6 is 0 Å². The van der Waals surface area contributed by atoms with Crippen LogP contribution in [0.2, 0.25) is 0 Å². The Kier molecular flexibility index (Phi) is 5.89. The predicted octanol–water partition coefficient (Wildman–Crippen LogP) is 2.05.